The van der Waals surface area contributed by atoms with E-state index in [1.165, 1.54) is 4.90 Å². The second-order valence-electron chi connectivity index (χ2n) is 9.18. The van der Waals surface area contributed by atoms with E-state index in [9.17, 15) is 18.0 Å². The van der Waals surface area contributed by atoms with E-state index in [0.717, 1.165) is 39.2 Å². The third kappa shape index (κ3) is 7.31. The SMILES string of the molecule is CCC(C)NC(=O)C(CC)N(Cc1ccccc1C)C(=O)CN(c1cccc(C)c1C)S(C)(=O)=O. The van der Waals surface area contributed by atoms with Gasteiger partial charge in [-0.3, -0.25) is 13.9 Å². The minimum absolute atomic E-state index is 0.0329. The number of nitrogens with one attached hydrogen (secondary N) is 1. The molecular weight excluding hydrogens is 462 g/mol. The highest BCUT2D eigenvalue weighted by Gasteiger charge is 2.32. The summed E-state index contributed by atoms with van der Waals surface area (Å²) < 4.78 is 26.7. The first-order valence-corrected chi connectivity index (χ1v) is 13.9. The predicted molar refractivity (Wildman–Crippen MR) is 142 cm³/mol. The molecule has 0 spiro atoms. The zero-order valence-electron chi connectivity index (χ0n) is 22.0. The van der Waals surface area contributed by atoms with Gasteiger partial charge in [0.25, 0.3) is 0 Å². The molecule has 8 heteroatoms. The monoisotopic (exact) mass is 501 g/mol. The van der Waals surface area contributed by atoms with Gasteiger partial charge in [0.2, 0.25) is 21.8 Å². The van der Waals surface area contributed by atoms with Crippen LogP contribution in [0.25, 0.3) is 0 Å². The topological polar surface area (TPSA) is 86.8 Å². The molecular formula is C27H39N3O4S. The van der Waals surface area contributed by atoms with Crippen molar-refractivity contribution in [2.45, 2.75) is 73.0 Å². The normalized spacial score (nSPS) is 13.1. The van der Waals surface area contributed by atoms with Crippen LogP contribution in [0.4, 0.5) is 5.69 Å². The number of hydrogen-bond acceptors (Lipinski definition) is 4. The van der Waals surface area contributed by atoms with Gasteiger partial charge in [0.1, 0.15) is 12.6 Å². The van der Waals surface area contributed by atoms with E-state index in [1.807, 2.05) is 71.9 Å². The van der Waals surface area contributed by atoms with Gasteiger partial charge in [-0.15, -0.1) is 0 Å². The first-order valence-electron chi connectivity index (χ1n) is 12.1. The van der Waals surface area contributed by atoms with E-state index >= 15 is 0 Å². The van der Waals surface area contributed by atoms with E-state index in [-0.39, 0.29) is 25.0 Å². The largest absolute Gasteiger partial charge is 0.352 e. The molecule has 0 saturated carbocycles. The molecule has 2 amide bonds. The van der Waals surface area contributed by atoms with Crippen LogP contribution in [0.3, 0.4) is 0 Å². The summed E-state index contributed by atoms with van der Waals surface area (Å²) in [5.74, 6) is -0.660. The molecule has 2 atom stereocenters. The Bertz CT molecular complexity index is 1150. The fourth-order valence-corrected chi connectivity index (χ4v) is 4.83. The van der Waals surface area contributed by atoms with Gasteiger partial charge in [0.05, 0.1) is 11.9 Å². The Labute approximate surface area is 210 Å². The highest BCUT2D eigenvalue weighted by Crippen LogP contribution is 2.26. The third-order valence-electron chi connectivity index (χ3n) is 6.51. The van der Waals surface area contributed by atoms with Gasteiger partial charge in [0.15, 0.2) is 0 Å². The van der Waals surface area contributed by atoms with Crippen LogP contribution in [0.5, 0.6) is 0 Å². The average Bonchev–Trinajstić information content (AvgIpc) is 2.79. The molecule has 0 aromatic heterocycles. The summed E-state index contributed by atoms with van der Waals surface area (Å²) in [5, 5.41) is 2.98. The quantitative estimate of drug-likeness (QED) is 0.502. The Hall–Kier alpha value is -2.87. The van der Waals surface area contributed by atoms with Crippen LogP contribution in [0, 0.1) is 20.8 Å². The summed E-state index contributed by atoms with van der Waals surface area (Å²) in [4.78, 5) is 28.5. The van der Waals surface area contributed by atoms with Gasteiger partial charge < -0.3 is 10.2 Å². The molecule has 2 rings (SSSR count). The molecule has 192 valence electrons. The molecule has 0 bridgehead atoms. The lowest BCUT2D eigenvalue weighted by molar-refractivity contribution is -0.140. The van der Waals surface area contributed by atoms with Gasteiger partial charge in [-0.25, -0.2) is 8.42 Å². The Morgan fingerprint density at radius 2 is 1.57 bits per heavy atom. The molecule has 0 saturated heterocycles. The molecule has 1 N–H and O–H groups in total. The van der Waals surface area contributed by atoms with Crippen molar-refractivity contribution in [1.29, 1.82) is 0 Å². The van der Waals surface area contributed by atoms with Crippen molar-refractivity contribution in [3.8, 4) is 0 Å². The number of aryl methyl sites for hydroxylation is 2. The van der Waals surface area contributed by atoms with Crippen LogP contribution in [-0.4, -0.2) is 50.0 Å². The predicted octanol–water partition coefficient (Wildman–Crippen LogP) is 4.10. The molecule has 0 aliphatic rings. The van der Waals surface area contributed by atoms with E-state index in [2.05, 4.69) is 5.32 Å². The van der Waals surface area contributed by atoms with Crippen LogP contribution >= 0.6 is 0 Å². The van der Waals surface area contributed by atoms with Gasteiger partial charge in [-0.1, -0.05) is 50.2 Å². The summed E-state index contributed by atoms with van der Waals surface area (Å²) in [6.45, 7) is 11.3. The average molecular weight is 502 g/mol. The first-order chi connectivity index (χ1) is 16.4. The fraction of sp³-hybridized carbons (Fsp3) is 0.481. The summed E-state index contributed by atoms with van der Waals surface area (Å²) in [5.41, 5.74) is 4.09. The Morgan fingerprint density at radius 1 is 0.943 bits per heavy atom. The first kappa shape index (κ1) is 28.4. The minimum Gasteiger partial charge on any atom is -0.352 e. The number of hydrogen-bond donors (Lipinski definition) is 1. The standard InChI is InChI=1S/C27H39N3O4S/c1-8-21(5)28-27(32)24(9-2)29(17-23-15-11-10-13-20(23)4)26(31)18-30(35(7,33)34)25-16-12-14-19(3)22(25)6/h10-16,21,24H,8-9,17-18H2,1-7H3,(H,28,32). The van der Waals surface area contributed by atoms with Gasteiger partial charge in [-0.05, 0) is 68.9 Å². The van der Waals surface area contributed by atoms with Crippen molar-refractivity contribution in [3.05, 3.63) is 64.7 Å². The number of benzene rings is 2. The van der Waals surface area contributed by atoms with E-state index in [4.69, 9.17) is 0 Å². The Balaban J connectivity index is 2.50. The van der Waals surface area contributed by atoms with Crippen LogP contribution in [0.1, 0.15) is 55.9 Å². The number of anilines is 1. The summed E-state index contributed by atoms with van der Waals surface area (Å²) in [6.07, 6.45) is 2.27. The van der Waals surface area contributed by atoms with Gasteiger partial charge in [0, 0.05) is 12.6 Å². The molecule has 0 aliphatic carbocycles. The molecule has 2 aromatic rings. The lowest BCUT2D eigenvalue weighted by Crippen LogP contribution is -2.53. The number of carbonyl (C=O) groups is 2. The van der Waals surface area contributed by atoms with Crippen LogP contribution < -0.4 is 9.62 Å². The number of nitrogens with zero attached hydrogens (tertiary/aromatic N) is 2. The summed E-state index contributed by atoms with van der Waals surface area (Å²) in [6, 6.07) is 12.3. The van der Waals surface area contributed by atoms with Crippen molar-refractivity contribution < 1.29 is 18.0 Å². The lowest BCUT2D eigenvalue weighted by Gasteiger charge is -2.34. The molecule has 35 heavy (non-hydrogen) atoms. The van der Waals surface area contributed by atoms with Crippen LogP contribution in [0.15, 0.2) is 42.5 Å². The molecule has 2 unspecified atom stereocenters. The molecule has 0 radical (unpaired) electrons. The Morgan fingerprint density at radius 3 is 2.14 bits per heavy atom. The minimum atomic E-state index is -3.76. The van der Waals surface area contributed by atoms with Gasteiger partial charge >= 0.3 is 0 Å². The zero-order valence-corrected chi connectivity index (χ0v) is 22.8. The second kappa shape index (κ2) is 12.2. The maximum atomic E-state index is 13.8. The maximum Gasteiger partial charge on any atom is 0.244 e. The van der Waals surface area contributed by atoms with E-state index in [0.29, 0.717) is 12.1 Å². The summed E-state index contributed by atoms with van der Waals surface area (Å²) >= 11 is 0. The molecule has 0 aliphatic heterocycles. The third-order valence-corrected chi connectivity index (χ3v) is 7.64. The Kier molecular flexibility index (Phi) is 9.89. The second-order valence-corrected chi connectivity index (χ2v) is 11.1. The van der Waals surface area contributed by atoms with Crippen molar-refractivity contribution in [1.82, 2.24) is 10.2 Å². The van der Waals surface area contributed by atoms with E-state index in [1.54, 1.807) is 12.1 Å². The molecule has 0 heterocycles. The number of sulfonamides is 1. The lowest BCUT2D eigenvalue weighted by atomic mass is 10.1. The maximum absolute atomic E-state index is 13.8. The summed E-state index contributed by atoms with van der Waals surface area (Å²) in [7, 11) is -3.76. The van der Waals surface area contributed by atoms with Crippen molar-refractivity contribution >= 4 is 27.5 Å². The van der Waals surface area contributed by atoms with Crippen molar-refractivity contribution in [3.63, 3.8) is 0 Å². The fourth-order valence-electron chi connectivity index (χ4n) is 3.93. The highest BCUT2D eigenvalue weighted by atomic mass is 32.2. The highest BCUT2D eigenvalue weighted by molar-refractivity contribution is 7.92. The molecule has 7 nitrogen and oxygen atoms in total. The van der Waals surface area contributed by atoms with Gasteiger partial charge in [-0.2, -0.15) is 0 Å². The number of amides is 2. The van der Waals surface area contributed by atoms with Crippen LogP contribution in [-0.2, 0) is 26.2 Å². The molecule has 0 fully saturated rings. The molecule has 2 aromatic carbocycles. The van der Waals surface area contributed by atoms with Crippen molar-refractivity contribution in [2.75, 3.05) is 17.1 Å². The van der Waals surface area contributed by atoms with Crippen molar-refractivity contribution in [2.24, 2.45) is 0 Å². The van der Waals surface area contributed by atoms with Crippen LogP contribution in [0.2, 0.25) is 0 Å². The smallest absolute Gasteiger partial charge is 0.244 e. The number of rotatable bonds is 11. The zero-order chi connectivity index (χ0) is 26.3. The van der Waals surface area contributed by atoms with E-state index < -0.39 is 22.0 Å². The number of carbonyl (C=O) groups excluding carboxylic acids is 2.